The van der Waals surface area contributed by atoms with Crippen molar-refractivity contribution in [1.82, 2.24) is 9.69 Å². The molecule has 1 saturated carbocycles. The summed E-state index contributed by atoms with van der Waals surface area (Å²) in [6.45, 7) is 5.53. The van der Waals surface area contributed by atoms with Gasteiger partial charge >= 0.3 is 0 Å². The van der Waals surface area contributed by atoms with Gasteiger partial charge in [0.25, 0.3) is 5.56 Å². The zero-order valence-electron chi connectivity index (χ0n) is 19.2. The molecule has 7 heteroatoms. The number of anilines is 1. The molecule has 0 saturated heterocycles. The number of fused-ring (bicyclic) bond motifs is 2. The standard InChI is InChI=1S/C26H30FN3O2S/c1-3-5-17(12-16-6-4-11-28-15(16)2)21-13-18-14-30(19-7-8-19)26-23(25(32)29-33-26)24(31)20(18)9-10-22(21)27/h3,5,12-13,19-20,28H,4,6-11,14H2,1-2H3,(H,29,32)/b5-3-,17-12+. The maximum Gasteiger partial charge on any atom is 0.271 e. The molecular weight excluding hydrogens is 437 g/mol. The number of H-pyrrole nitrogens is 1. The van der Waals surface area contributed by atoms with Gasteiger partial charge in [-0.05, 0) is 80.3 Å². The third-order valence-corrected chi connectivity index (χ3v) is 7.97. The van der Waals surface area contributed by atoms with E-state index in [1.807, 2.05) is 25.2 Å². The molecule has 3 heterocycles. The molecule has 2 aliphatic heterocycles. The molecule has 5 nitrogen and oxygen atoms in total. The highest BCUT2D eigenvalue weighted by molar-refractivity contribution is 7.10. The van der Waals surface area contributed by atoms with Crippen molar-refractivity contribution >= 4 is 22.3 Å². The van der Waals surface area contributed by atoms with Gasteiger partial charge in [0.1, 0.15) is 16.4 Å². The van der Waals surface area contributed by atoms with Crippen LogP contribution in [0.4, 0.5) is 9.39 Å². The molecule has 0 aromatic carbocycles. The van der Waals surface area contributed by atoms with E-state index in [2.05, 4.69) is 27.6 Å². The lowest BCUT2D eigenvalue weighted by Crippen LogP contribution is -2.28. The zero-order valence-corrected chi connectivity index (χ0v) is 20.0. The first-order valence-corrected chi connectivity index (χ1v) is 12.7. The molecule has 0 amide bonds. The van der Waals surface area contributed by atoms with E-state index in [-0.39, 0.29) is 29.2 Å². The van der Waals surface area contributed by atoms with Crippen molar-refractivity contribution in [3.05, 3.63) is 74.0 Å². The van der Waals surface area contributed by atoms with Gasteiger partial charge in [0.2, 0.25) is 0 Å². The molecule has 5 rings (SSSR count). The maximum absolute atomic E-state index is 15.5. The quantitative estimate of drug-likeness (QED) is 0.588. The fourth-order valence-electron chi connectivity index (χ4n) is 5.11. The molecule has 1 atom stereocenters. The summed E-state index contributed by atoms with van der Waals surface area (Å²) >= 11 is 1.25. The predicted molar refractivity (Wildman–Crippen MR) is 131 cm³/mol. The highest BCUT2D eigenvalue weighted by atomic mass is 32.1. The average molecular weight is 468 g/mol. The molecule has 0 spiro atoms. The van der Waals surface area contributed by atoms with E-state index in [1.165, 1.54) is 17.1 Å². The number of ketones is 1. The van der Waals surface area contributed by atoms with Crippen molar-refractivity contribution in [2.45, 2.75) is 58.4 Å². The van der Waals surface area contributed by atoms with Crippen molar-refractivity contribution < 1.29 is 9.18 Å². The lowest BCUT2D eigenvalue weighted by molar-refractivity contribution is 0.0935. The molecule has 1 aromatic heterocycles. The largest absolute Gasteiger partial charge is 0.388 e. The molecule has 1 unspecified atom stereocenters. The van der Waals surface area contributed by atoms with Gasteiger partial charge in [-0.15, -0.1) is 0 Å². The average Bonchev–Trinajstić information content (AvgIpc) is 3.59. The van der Waals surface area contributed by atoms with Gasteiger partial charge in [-0.1, -0.05) is 18.2 Å². The summed E-state index contributed by atoms with van der Waals surface area (Å²) in [5.74, 6) is -0.815. The van der Waals surface area contributed by atoms with Crippen LogP contribution in [-0.2, 0) is 0 Å². The van der Waals surface area contributed by atoms with E-state index in [4.69, 9.17) is 0 Å². The van der Waals surface area contributed by atoms with Gasteiger partial charge in [-0.3, -0.25) is 14.0 Å². The zero-order chi connectivity index (χ0) is 23.1. The highest BCUT2D eigenvalue weighted by Gasteiger charge is 2.41. The molecule has 0 radical (unpaired) electrons. The van der Waals surface area contributed by atoms with Crippen LogP contribution in [0.3, 0.4) is 0 Å². The molecule has 2 aliphatic carbocycles. The summed E-state index contributed by atoms with van der Waals surface area (Å²) in [6, 6.07) is 0.342. The van der Waals surface area contributed by atoms with Crippen LogP contribution in [0.5, 0.6) is 0 Å². The minimum absolute atomic E-state index is 0.164. The summed E-state index contributed by atoms with van der Waals surface area (Å²) in [7, 11) is 0. The van der Waals surface area contributed by atoms with Crippen molar-refractivity contribution in [2.24, 2.45) is 5.92 Å². The molecule has 2 N–H and O–H groups in total. The van der Waals surface area contributed by atoms with Gasteiger partial charge in [0, 0.05) is 42.7 Å². The van der Waals surface area contributed by atoms with E-state index < -0.39 is 5.92 Å². The second-order valence-corrected chi connectivity index (χ2v) is 10.1. The van der Waals surface area contributed by atoms with Crippen LogP contribution in [-0.4, -0.2) is 29.3 Å². The summed E-state index contributed by atoms with van der Waals surface area (Å²) < 4.78 is 18.3. The maximum atomic E-state index is 15.5. The number of carbonyl (C=O) groups is 1. The van der Waals surface area contributed by atoms with Gasteiger partial charge < -0.3 is 10.2 Å². The first-order chi connectivity index (χ1) is 16.0. The van der Waals surface area contributed by atoms with Crippen molar-refractivity contribution in [1.29, 1.82) is 0 Å². The minimum Gasteiger partial charge on any atom is -0.388 e. The Balaban J connectivity index is 1.60. The van der Waals surface area contributed by atoms with Crippen molar-refractivity contribution in [3.8, 4) is 0 Å². The first-order valence-electron chi connectivity index (χ1n) is 11.9. The van der Waals surface area contributed by atoms with Crippen LogP contribution in [0.25, 0.3) is 0 Å². The molecule has 174 valence electrons. The summed E-state index contributed by atoms with van der Waals surface area (Å²) in [5.41, 5.74) is 4.60. The first kappa shape index (κ1) is 22.1. The van der Waals surface area contributed by atoms with E-state index in [1.54, 1.807) is 0 Å². The number of rotatable bonds is 4. The number of nitrogens with one attached hydrogen (secondary N) is 2. The summed E-state index contributed by atoms with van der Waals surface area (Å²) in [5, 5.41) is 4.16. The monoisotopic (exact) mass is 467 g/mol. The predicted octanol–water partition coefficient (Wildman–Crippen LogP) is 5.32. The SMILES string of the molecule is C/C=C\C(=C/C1=C(C)NCCC1)C1=C(F)CCC2C(=O)c3c(s[nH]c3=O)N(C3CC3)CC2=C1. The third kappa shape index (κ3) is 4.19. The Labute approximate surface area is 197 Å². The van der Waals surface area contributed by atoms with Crippen LogP contribution in [0, 0.1) is 5.92 Å². The Morgan fingerprint density at radius 2 is 2.06 bits per heavy atom. The van der Waals surface area contributed by atoms with Gasteiger partial charge in [0.05, 0.1) is 0 Å². The van der Waals surface area contributed by atoms with Crippen molar-refractivity contribution in [3.63, 3.8) is 0 Å². The number of Topliss-reactive ketones (excluding diaryl/α,β-unsaturated/α-hetero) is 1. The smallest absolute Gasteiger partial charge is 0.271 e. The van der Waals surface area contributed by atoms with Crippen LogP contribution >= 0.6 is 11.5 Å². The van der Waals surface area contributed by atoms with Crippen LogP contribution in [0.1, 0.15) is 62.7 Å². The molecule has 0 bridgehead atoms. The Bertz CT molecular complexity index is 1190. The number of aromatic amines is 1. The molecular formula is C26H30FN3O2S. The van der Waals surface area contributed by atoms with Gasteiger partial charge in [0.15, 0.2) is 5.78 Å². The number of nitrogens with zero attached hydrogens (tertiary/aromatic N) is 1. The second kappa shape index (κ2) is 8.93. The number of allylic oxidation sites excluding steroid dienone is 9. The van der Waals surface area contributed by atoms with Crippen LogP contribution in [0.2, 0.25) is 0 Å². The minimum atomic E-state index is -0.462. The molecule has 4 aliphatic rings. The summed E-state index contributed by atoms with van der Waals surface area (Å²) in [4.78, 5) is 28.2. The lowest BCUT2D eigenvalue weighted by atomic mass is 9.88. The normalized spacial score (nSPS) is 24.4. The fourth-order valence-corrected chi connectivity index (χ4v) is 6.02. The van der Waals surface area contributed by atoms with E-state index in [9.17, 15) is 9.59 Å². The van der Waals surface area contributed by atoms with E-state index in [0.717, 1.165) is 54.1 Å². The number of aromatic nitrogens is 1. The summed E-state index contributed by atoms with van der Waals surface area (Å²) in [6.07, 6.45) is 12.6. The molecule has 1 aromatic rings. The Hall–Kier alpha value is -2.67. The lowest BCUT2D eigenvalue weighted by Gasteiger charge is -2.23. The Morgan fingerprint density at radius 1 is 1.24 bits per heavy atom. The Kier molecular flexibility index (Phi) is 5.99. The highest BCUT2D eigenvalue weighted by Crippen LogP contribution is 2.43. The van der Waals surface area contributed by atoms with Gasteiger partial charge in [-0.2, -0.15) is 0 Å². The number of halogens is 1. The van der Waals surface area contributed by atoms with E-state index >= 15 is 4.39 Å². The van der Waals surface area contributed by atoms with Crippen molar-refractivity contribution in [2.75, 3.05) is 18.0 Å². The molecule has 33 heavy (non-hydrogen) atoms. The third-order valence-electron chi connectivity index (χ3n) is 7.05. The van der Waals surface area contributed by atoms with Crippen LogP contribution < -0.4 is 15.8 Å². The second-order valence-electron chi connectivity index (χ2n) is 9.35. The topological polar surface area (TPSA) is 65.2 Å². The number of hydrogen-bond donors (Lipinski definition) is 2. The number of carbonyl (C=O) groups excluding carboxylic acids is 1. The van der Waals surface area contributed by atoms with E-state index in [0.29, 0.717) is 24.6 Å². The Morgan fingerprint density at radius 3 is 2.79 bits per heavy atom. The number of hydrogen-bond acceptors (Lipinski definition) is 5. The molecule has 1 fully saturated rings. The van der Waals surface area contributed by atoms with Gasteiger partial charge in [-0.25, -0.2) is 4.39 Å². The fraction of sp³-hybridized carbons (Fsp3) is 0.462. The van der Waals surface area contributed by atoms with Crippen LogP contribution in [0.15, 0.2) is 62.9 Å².